The van der Waals surface area contributed by atoms with Crippen molar-refractivity contribution >= 4 is 127 Å². The molecule has 10 rings (SSSR count). The first-order valence-electron chi connectivity index (χ1n) is 25.9. The quantitative estimate of drug-likeness (QED) is 0.111. The minimum absolute atomic E-state index is 0.215. The normalized spacial score (nSPS) is 14.6. The van der Waals surface area contributed by atoms with Crippen molar-refractivity contribution in [1.82, 2.24) is 19.9 Å². The van der Waals surface area contributed by atoms with Crippen LogP contribution in [0.5, 0.6) is 0 Å². The van der Waals surface area contributed by atoms with Gasteiger partial charge in [-0.05, 0) is 170 Å². The number of thiazole rings is 4. The van der Waals surface area contributed by atoms with Crippen molar-refractivity contribution < 1.29 is 29.0 Å². The summed E-state index contributed by atoms with van der Waals surface area (Å²) in [7, 11) is 0. The van der Waals surface area contributed by atoms with Crippen molar-refractivity contribution in [3.8, 4) is 0 Å². The predicted octanol–water partition coefficient (Wildman–Crippen LogP) is 17.7. The van der Waals surface area contributed by atoms with Gasteiger partial charge in [-0.3, -0.25) is 14.4 Å². The zero-order valence-electron chi connectivity index (χ0n) is 45.3. The Labute approximate surface area is 508 Å². The number of aliphatic hydroxyl groups is 1. The molecule has 8 aromatic rings. The van der Waals surface area contributed by atoms with Gasteiger partial charge >= 0.3 is 0 Å². The molecule has 0 radical (unpaired) electrons. The summed E-state index contributed by atoms with van der Waals surface area (Å²) in [6.45, 7) is 17.7. The van der Waals surface area contributed by atoms with Gasteiger partial charge in [-0.1, -0.05) is 111 Å². The molecule has 0 spiro atoms. The van der Waals surface area contributed by atoms with Gasteiger partial charge in [-0.15, -0.1) is 45.3 Å². The summed E-state index contributed by atoms with van der Waals surface area (Å²) in [5.74, 6) is 0. The lowest BCUT2D eigenvalue weighted by molar-refractivity contribution is 0.0669. The number of ether oxygens (including phenoxy) is 2. The Morgan fingerprint density at radius 3 is 1.47 bits per heavy atom. The van der Waals surface area contributed by atoms with Crippen molar-refractivity contribution in [3.63, 3.8) is 0 Å². The van der Waals surface area contributed by atoms with Gasteiger partial charge in [0.05, 0.1) is 40.3 Å². The predicted molar refractivity (Wildman–Crippen MR) is 331 cm³/mol. The SMILES string of the molecule is CCCc1ccc(Cl)cc1C(O)c1nc(CC)sc1C.CCCc1ccc(Cl)cc1C=O.CCc1nc(Br)c(C)s1.Cc1sc(C=O)nc1C1OCCc2ccc(Cl)cc21.Cc1sc(C=O)nc1C1OCCc2ccc(Cl)cc21. The fraction of sp³-hybridized carbons (Fsp3) is 0.350. The van der Waals surface area contributed by atoms with Crippen LogP contribution in [0.4, 0.5) is 0 Å². The number of aliphatic hydroxyl groups excluding tert-OH is 1. The summed E-state index contributed by atoms with van der Waals surface area (Å²) in [4.78, 5) is 54.2. The van der Waals surface area contributed by atoms with Gasteiger partial charge in [0.15, 0.2) is 22.6 Å². The molecule has 0 bridgehead atoms. The molecule has 0 amide bonds. The van der Waals surface area contributed by atoms with Crippen LogP contribution >= 0.6 is 108 Å². The van der Waals surface area contributed by atoms with Crippen LogP contribution in [0, 0.1) is 27.7 Å². The minimum Gasteiger partial charge on any atom is -0.382 e. The van der Waals surface area contributed by atoms with Crippen molar-refractivity contribution in [2.24, 2.45) is 0 Å². The van der Waals surface area contributed by atoms with Crippen molar-refractivity contribution in [3.05, 3.63) is 199 Å². The molecule has 3 unspecified atom stereocenters. The van der Waals surface area contributed by atoms with Gasteiger partial charge in [0.2, 0.25) is 0 Å². The summed E-state index contributed by atoms with van der Waals surface area (Å²) in [6.07, 6.45) is 8.96. The topological polar surface area (TPSA) is 141 Å². The molecule has 0 saturated carbocycles. The molecule has 418 valence electrons. The maximum Gasteiger partial charge on any atom is 0.178 e. The summed E-state index contributed by atoms with van der Waals surface area (Å²) in [5, 5.41) is 16.6. The summed E-state index contributed by atoms with van der Waals surface area (Å²) < 4.78 is 12.7. The van der Waals surface area contributed by atoms with E-state index < -0.39 is 6.10 Å². The molecule has 4 aromatic heterocycles. The molecule has 4 aromatic carbocycles. The van der Waals surface area contributed by atoms with Crippen molar-refractivity contribution in [2.75, 3.05) is 13.2 Å². The maximum atomic E-state index is 10.8. The smallest absolute Gasteiger partial charge is 0.178 e. The largest absolute Gasteiger partial charge is 0.382 e. The molecule has 2 aliphatic heterocycles. The number of hydrogen-bond donors (Lipinski definition) is 1. The first-order valence-corrected chi connectivity index (χ1v) is 31.5. The minimum atomic E-state index is -0.688. The zero-order chi connectivity index (χ0) is 57.3. The van der Waals surface area contributed by atoms with E-state index in [-0.39, 0.29) is 12.2 Å². The zero-order valence-corrected chi connectivity index (χ0v) is 53.1. The Bertz CT molecular complexity index is 3210. The lowest BCUT2D eigenvalue weighted by Crippen LogP contribution is -2.18. The van der Waals surface area contributed by atoms with Crippen LogP contribution in [0.1, 0.15) is 174 Å². The Hall–Kier alpha value is -4.07. The number of carbonyl (C=O) groups excluding carboxylic acids is 3. The Balaban J connectivity index is 0.000000164. The molecule has 79 heavy (non-hydrogen) atoms. The molecule has 1 N–H and O–H groups in total. The number of benzene rings is 4. The lowest BCUT2D eigenvalue weighted by Gasteiger charge is -2.25. The first-order chi connectivity index (χ1) is 37.9. The van der Waals surface area contributed by atoms with Crippen LogP contribution < -0.4 is 0 Å². The van der Waals surface area contributed by atoms with Crippen LogP contribution in [0.15, 0.2) is 77.4 Å². The molecule has 0 saturated heterocycles. The highest BCUT2D eigenvalue weighted by Gasteiger charge is 2.29. The number of aryl methyl sites for hydroxylation is 8. The van der Waals surface area contributed by atoms with Gasteiger partial charge < -0.3 is 14.6 Å². The number of carbonyl (C=O) groups is 3. The van der Waals surface area contributed by atoms with Crippen LogP contribution in [-0.4, -0.2) is 57.1 Å². The van der Waals surface area contributed by atoms with Gasteiger partial charge in [-0.2, -0.15) is 0 Å². The van der Waals surface area contributed by atoms with Crippen LogP contribution in [0.2, 0.25) is 20.1 Å². The van der Waals surface area contributed by atoms with Crippen molar-refractivity contribution in [2.45, 2.75) is 125 Å². The maximum absolute atomic E-state index is 10.8. The molecule has 10 nitrogen and oxygen atoms in total. The van der Waals surface area contributed by atoms with Crippen LogP contribution in [-0.2, 0) is 48.0 Å². The van der Waals surface area contributed by atoms with E-state index in [1.807, 2.05) is 87.5 Å². The molecule has 0 aliphatic carbocycles. The van der Waals surface area contributed by atoms with E-state index >= 15 is 0 Å². The molecule has 3 atom stereocenters. The van der Waals surface area contributed by atoms with E-state index in [2.05, 4.69) is 70.5 Å². The van der Waals surface area contributed by atoms with Crippen LogP contribution in [0.3, 0.4) is 0 Å². The average molecular weight is 1290 g/mol. The first kappa shape index (κ1) is 64.1. The highest BCUT2D eigenvalue weighted by molar-refractivity contribution is 9.10. The third-order valence-corrected chi connectivity index (χ3v) is 18.7. The fourth-order valence-electron chi connectivity index (χ4n) is 8.81. The van der Waals surface area contributed by atoms with E-state index in [1.54, 1.807) is 28.7 Å². The number of hydrogen-bond acceptors (Lipinski definition) is 14. The molecule has 2 aliphatic rings. The highest BCUT2D eigenvalue weighted by atomic mass is 79.9. The summed E-state index contributed by atoms with van der Waals surface area (Å²) in [5.41, 5.74) is 10.8. The van der Waals surface area contributed by atoms with Gasteiger partial charge in [0, 0.05) is 45.2 Å². The Morgan fingerprint density at radius 2 is 1.04 bits per heavy atom. The van der Waals surface area contributed by atoms with E-state index in [0.717, 1.165) is 139 Å². The molecule has 0 fully saturated rings. The molecular formula is C60H63BrCl4N4O6S4. The number of nitrogens with zero attached hydrogens (tertiary/aromatic N) is 4. The van der Waals surface area contributed by atoms with E-state index in [4.69, 9.17) is 55.9 Å². The third-order valence-electron chi connectivity index (χ3n) is 12.7. The lowest BCUT2D eigenvalue weighted by atomic mass is 9.95. The van der Waals surface area contributed by atoms with Gasteiger partial charge in [0.1, 0.15) is 29.2 Å². The number of aromatic nitrogens is 4. The van der Waals surface area contributed by atoms with Gasteiger partial charge in [0.25, 0.3) is 0 Å². The molecule has 19 heteroatoms. The highest BCUT2D eigenvalue weighted by Crippen LogP contribution is 2.39. The second kappa shape index (κ2) is 31.4. The Morgan fingerprint density at radius 1 is 0.582 bits per heavy atom. The van der Waals surface area contributed by atoms with E-state index in [9.17, 15) is 19.5 Å². The van der Waals surface area contributed by atoms with E-state index in [0.29, 0.717) is 48.9 Å². The van der Waals surface area contributed by atoms with Gasteiger partial charge in [-0.25, -0.2) is 19.9 Å². The summed E-state index contributed by atoms with van der Waals surface area (Å²) >= 11 is 33.5. The molecular weight excluding hydrogens is 1220 g/mol. The number of aldehydes is 3. The number of halogens is 5. The number of fused-ring (bicyclic) bond motifs is 2. The monoisotopic (exact) mass is 1280 g/mol. The van der Waals surface area contributed by atoms with Crippen molar-refractivity contribution in [1.29, 1.82) is 0 Å². The second-order valence-corrected chi connectivity index (χ2v) is 25.9. The Kier molecular flexibility index (Phi) is 25.5. The average Bonchev–Trinajstić information content (AvgIpc) is 4.23. The number of rotatable bonds is 13. The summed E-state index contributed by atoms with van der Waals surface area (Å²) in [6, 6.07) is 22.9. The fourth-order valence-corrected chi connectivity index (χ4v) is 13.3. The van der Waals surface area contributed by atoms with Crippen LogP contribution in [0.25, 0.3) is 0 Å². The standard InChI is InChI=1S/C16H20ClNOS.2C14H12ClNO2S.C10H11ClO.C6H8BrNS/c1-4-6-11-7-8-12(17)9-13(11)16(19)15-10(3)20-14(5-2)18-15;2*1-8-13(16-12(7-17)19-8)14-11-6-10(15)3-2-9(11)4-5-18-14;1-2-3-8-4-5-10(11)6-9(8)7-12;1-3-5-8-6(7)4(2)9-5/h7-9,16,19H,4-6H2,1-3H3;2*2-3,6-7,14H,4-5H2,1H3;4-7H,2-3H2,1H3;3H2,1-2H3. The molecule has 6 heterocycles. The second-order valence-electron chi connectivity index (χ2n) is 18.3. The van der Waals surface area contributed by atoms with E-state index in [1.165, 1.54) is 43.7 Å². The third kappa shape index (κ3) is 17.5.